The summed E-state index contributed by atoms with van der Waals surface area (Å²) in [6.45, 7) is 1.48. The first-order valence-electron chi connectivity index (χ1n) is 12.5. The Kier molecular flexibility index (Phi) is 9.31. The van der Waals surface area contributed by atoms with Crippen molar-refractivity contribution in [3.8, 4) is 5.75 Å². The molecular weight excluding hydrogens is 534 g/mol. The Bertz CT molecular complexity index is 1160. The number of carbonyl (C=O) groups excluding carboxylic acids is 1. The molecule has 11 nitrogen and oxygen atoms in total. The second-order valence-corrected chi connectivity index (χ2v) is 9.62. The highest BCUT2D eigenvalue weighted by Gasteiger charge is 2.67. The maximum atomic E-state index is 11.8. The smallest absolute Gasteiger partial charge is 0.493 e. The molecule has 0 aromatic heterocycles. The van der Waals surface area contributed by atoms with Gasteiger partial charge in [0.25, 0.3) is 0 Å². The maximum absolute atomic E-state index is 11.8. The van der Waals surface area contributed by atoms with Crippen molar-refractivity contribution in [3.63, 3.8) is 0 Å². The number of aliphatic hydroxyl groups excluding tert-OH is 3. The average Bonchev–Trinajstić information content (AvgIpc) is 3.32. The first kappa shape index (κ1) is 29.1. The molecule has 2 saturated heterocycles. The Morgan fingerprint density at radius 2 is 1.92 bits per heavy atom. The van der Waals surface area contributed by atoms with E-state index in [1.165, 1.54) is 7.11 Å². The number of oxime groups is 1. The lowest BCUT2D eigenvalue weighted by atomic mass is 9.83. The molecule has 12 heteroatoms. The summed E-state index contributed by atoms with van der Waals surface area (Å²) in [5, 5.41) is 36.5. The van der Waals surface area contributed by atoms with Crippen molar-refractivity contribution in [2.24, 2.45) is 5.16 Å². The van der Waals surface area contributed by atoms with Gasteiger partial charge in [0.05, 0.1) is 19.8 Å². The van der Waals surface area contributed by atoms with Gasteiger partial charge in [-0.25, -0.2) is 4.79 Å². The third-order valence-corrected chi connectivity index (χ3v) is 6.99. The first-order valence-corrected chi connectivity index (χ1v) is 12.9. The number of rotatable bonds is 11. The molecule has 4 rings (SSSR count). The van der Waals surface area contributed by atoms with Crippen molar-refractivity contribution in [1.82, 2.24) is 0 Å². The molecule has 0 spiro atoms. The molecular formula is C27H32ClNO10. The Morgan fingerprint density at radius 1 is 1.15 bits per heavy atom. The molecule has 2 bridgehead atoms. The highest BCUT2D eigenvalue weighted by molar-refractivity contribution is 6.31. The fourth-order valence-electron chi connectivity index (χ4n) is 4.61. The van der Waals surface area contributed by atoms with Crippen LogP contribution >= 0.6 is 11.6 Å². The molecule has 2 aromatic rings. The topological polar surface area (TPSA) is 146 Å². The van der Waals surface area contributed by atoms with Gasteiger partial charge in [-0.3, -0.25) is 0 Å². The highest BCUT2D eigenvalue weighted by atomic mass is 35.5. The maximum Gasteiger partial charge on any atom is 0.508 e. The van der Waals surface area contributed by atoms with Crippen LogP contribution in [-0.4, -0.2) is 85.1 Å². The third-order valence-electron chi connectivity index (χ3n) is 6.62. The second-order valence-electron chi connectivity index (χ2n) is 9.21. The predicted molar refractivity (Wildman–Crippen MR) is 139 cm³/mol. The van der Waals surface area contributed by atoms with Gasteiger partial charge in [-0.15, -0.1) is 0 Å². The summed E-state index contributed by atoms with van der Waals surface area (Å²) in [5.74, 6) is -1.12. The number of fused-ring (bicyclic) bond motifs is 2. The number of ether oxygens (including phenoxy) is 5. The minimum absolute atomic E-state index is 0.102. The lowest BCUT2D eigenvalue weighted by Crippen LogP contribution is -2.65. The molecule has 0 amide bonds. The molecule has 2 aromatic carbocycles. The van der Waals surface area contributed by atoms with Gasteiger partial charge in [0.2, 0.25) is 5.79 Å². The van der Waals surface area contributed by atoms with Gasteiger partial charge in [0.1, 0.15) is 37.8 Å². The average molecular weight is 566 g/mol. The first-order chi connectivity index (χ1) is 18.7. The summed E-state index contributed by atoms with van der Waals surface area (Å²) in [4.78, 5) is 16.4. The van der Waals surface area contributed by atoms with Gasteiger partial charge < -0.3 is 43.8 Å². The largest absolute Gasteiger partial charge is 0.508 e. The van der Waals surface area contributed by atoms with Crippen LogP contribution in [0.25, 0.3) is 0 Å². The van der Waals surface area contributed by atoms with Crippen LogP contribution in [0.3, 0.4) is 0 Å². The van der Waals surface area contributed by atoms with E-state index in [4.69, 9.17) is 35.3 Å². The van der Waals surface area contributed by atoms with E-state index in [1.807, 2.05) is 24.3 Å². The minimum atomic E-state index is -1.82. The van der Waals surface area contributed by atoms with E-state index in [0.29, 0.717) is 41.3 Å². The number of halogens is 1. The van der Waals surface area contributed by atoms with Gasteiger partial charge in [0, 0.05) is 23.2 Å². The molecule has 0 aliphatic carbocycles. The van der Waals surface area contributed by atoms with Crippen molar-refractivity contribution in [2.75, 3.05) is 33.5 Å². The van der Waals surface area contributed by atoms with Crippen LogP contribution in [-0.2, 0) is 36.0 Å². The van der Waals surface area contributed by atoms with Crippen LogP contribution in [0.1, 0.15) is 30.0 Å². The van der Waals surface area contributed by atoms with Gasteiger partial charge in [-0.2, -0.15) is 0 Å². The Labute approximate surface area is 230 Å². The van der Waals surface area contributed by atoms with E-state index >= 15 is 0 Å². The standard InChI is InChI=1S/C27H32ClNO10/c1-3-35-25(33)37-15-26-16-38-27(39-26,24(32)22(30)23(26)31)19-7-10-21(28)18(14-19)13-17-5-8-20(9-6-17)36-12-4-11-29-34-2/h5-11,14,22-24,30-32H,3-4,12-13,15-16H2,1-2H3. The SMILES string of the molecule is CCOC(=O)OCC12COC(c3ccc(Cl)c(Cc4ccc(OCCC=NOC)cc4)c3)(O1)C(O)C(O)C2O. The summed E-state index contributed by atoms with van der Waals surface area (Å²) >= 11 is 6.50. The fraction of sp³-hybridized carbons (Fsp3) is 0.481. The van der Waals surface area contributed by atoms with E-state index < -0.39 is 42.5 Å². The summed E-state index contributed by atoms with van der Waals surface area (Å²) in [6, 6.07) is 12.5. The van der Waals surface area contributed by atoms with Crippen LogP contribution in [0.5, 0.6) is 5.75 Å². The second kappa shape index (κ2) is 12.5. The van der Waals surface area contributed by atoms with Gasteiger partial charge in [0.15, 0.2) is 5.60 Å². The molecule has 0 saturated carbocycles. The van der Waals surface area contributed by atoms with Crippen LogP contribution in [0, 0.1) is 0 Å². The summed E-state index contributed by atoms with van der Waals surface area (Å²) in [5.41, 5.74) is 0.436. The number of carbonyl (C=O) groups is 1. The summed E-state index contributed by atoms with van der Waals surface area (Å²) in [7, 11) is 1.48. The van der Waals surface area contributed by atoms with Crippen molar-refractivity contribution < 1.29 is 48.6 Å². The molecule has 5 atom stereocenters. The molecule has 0 radical (unpaired) electrons. The number of nitrogens with zero attached hydrogens (tertiary/aromatic N) is 1. The number of hydrogen-bond donors (Lipinski definition) is 3. The predicted octanol–water partition coefficient (Wildman–Crippen LogP) is 2.54. The normalized spacial score (nSPS) is 27.9. The molecule has 2 fully saturated rings. The summed E-state index contributed by atoms with van der Waals surface area (Å²) in [6.07, 6.45) is -3.13. The van der Waals surface area contributed by atoms with E-state index in [9.17, 15) is 20.1 Å². The van der Waals surface area contributed by atoms with E-state index in [0.717, 1.165) is 5.56 Å². The van der Waals surface area contributed by atoms with Crippen LogP contribution in [0.4, 0.5) is 4.79 Å². The molecule has 2 aliphatic heterocycles. The quantitative estimate of drug-likeness (QED) is 0.161. The van der Waals surface area contributed by atoms with Crippen molar-refractivity contribution in [3.05, 3.63) is 64.2 Å². The van der Waals surface area contributed by atoms with E-state index in [2.05, 4.69) is 9.99 Å². The molecule has 2 heterocycles. The van der Waals surface area contributed by atoms with Crippen molar-refractivity contribution >= 4 is 24.0 Å². The van der Waals surface area contributed by atoms with Crippen molar-refractivity contribution in [1.29, 1.82) is 0 Å². The van der Waals surface area contributed by atoms with Crippen LogP contribution in [0.15, 0.2) is 47.6 Å². The molecule has 3 N–H and O–H groups in total. The molecule has 39 heavy (non-hydrogen) atoms. The van der Waals surface area contributed by atoms with Gasteiger partial charge in [-0.1, -0.05) is 35.0 Å². The highest BCUT2D eigenvalue weighted by Crippen LogP contribution is 2.50. The third kappa shape index (κ3) is 6.13. The number of aliphatic hydroxyl groups is 3. The Morgan fingerprint density at radius 3 is 2.64 bits per heavy atom. The zero-order chi connectivity index (χ0) is 28.0. The molecule has 212 valence electrons. The van der Waals surface area contributed by atoms with E-state index in [1.54, 1.807) is 31.3 Å². The number of hydrogen-bond acceptors (Lipinski definition) is 11. The zero-order valence-corrected chi connectivity index (χ0v) is 22.4. The lowest BCUT2D eigenvalue weighted by molar-refractivity contribution is -0.329. The van der Waals surface area contributed by atoms with Gasteiger partial charge >= 0.3 is 6.16 Å². The lowest BCUT2D eigenvalue weighted by Gasteiger charge is -2.46. The van der Waals surface area contributed by atoms with Crippen LogP contribution in [0.2, 0.25) is 5.02 Å². The van der Waals surface area contributed by atoms with E-state index in [-0.39, 0.29) is 13.2 Å². The minimum Gasteiger partial charge on any atom is -0.493 e. The Balaban J connectivity index is 1.51. The molecule has 2 aliphatic rings. The summed E-state index contributed by atoms with van der Waals surface area (Å²) < 4.78 is 27.6. The monoisotopic (exact) mass is 565 g/mol. The zero-order valence-electron chi connectivity index (χ0n) is 21.6. The van der Waals surface area contributed by atoms with Gasteiger partial charge in [-0.05, 0) is 48.7 Å². The molecule has 5 unspecified atom stereocenters. The fourth-order valence-corrected chi connectivity index (χ4v) is 4.79. The number of benzene rings is 2. The van der Waals surface area contributed by atoms with Crippen molar-refractivity contribution in [2.45, 2.75) is 49.5 Å². The Hall–Kier alpha value is -2.93. The van der Waals surface area contributed by atoms with Crippen LogP contribution < -0.4 is 4.74 Å².